The fourth-order valence-electron chi connectivity index (χ4n) is 4.63. The molecule has 4 aromatic rings. The van der Waals surface area contributed by atoms with Crippen LogP contribution in [0, 0.1) is 0 Å². The van der Waals surface area contributed by atoms with Crippen LogP contribution in [0.4, 0.5) is 0 Å². The van der Waals surface area contributed by atoms with Crippen LogP contribution in [0.5, 0.6) is 0 Å². The Hall–Kier alpha value is -3.48. The van der Waals surface area contributed by atoms with Crippen molar-refractivity contribution in [3.05, 3.63) is 67.0 Å². The molecular formula is C22H20N6O. The quantitative estimate of drug-likeness (QED) is 0.544. The van der Waals surface area contributed by atoms with Crippen molar-refractivity contribution < 1.29 is 4.79 Å². The Labute approximate surface area is 167 Å². The molecule has 0 radical (unpaired) electrons. The van der Waals surface area contributed by atoms with Gasteiger partial charge in [-0.15, -0.1) is 0 Å². The molecule has 0 aliphatic carbocycles. The molecule has 1 spiro atoms. The number of benzene rings is 1. The second kappa shape index (κ2) is 6.01. The van der Waals surface area contributed by atoms with Gasteiger partial charge in [0.2, 0.25) is 5.91 Å². The van der Waals surface area contributed by atoms with Gasteiger partial charge in [-0.3, -0.25) is 14.5 Å². The number of hydrogen-bond acceptors (Lipinski definition) is 4. The molecule has 1 amide bonds. The Bertz CT molecular complexity index is 1220. The lowest BCUT2D eigenvalue weighted by atomic mass is 9.75. The van der Waals surface area contributed by atoms with Crippen LogP contribution in [0.1, 0.15) is 12.1 Å². The van der Waals surface area contributed by atoms with E-state index < -0.39 is 0 Å². The number of amides is 1. The number of fused-ring (bicyclic) bond motifs is 3. The number of likely N-dealkylation sites (tertiary alicyclic amines) is 1. The summed E-state index contributed by atoms with van der Waals surface area (Å²) in [5, 5.41) is 5.95. The van der Waals surface area contributed by atoms with Gasteiger partial charge < -0.3 is 9.47 Å². The van der Waals surface area contributed by atoms with E-state index in [1.54, 1.807) is 12.5 Å². The fraction of sp³-hybridized carbons (Fsp3) is 0.273. The normalized spacial score (nSPS) is 16.9. The molecule has 1 saturated heterocycles. The standard InChI is InChI=1S/C22H20N6O/c29-21(12-26-8-6-23-15-26)27-13-22(14-27)5-7-28-20(22)10-19(25-28)17-9-16-3-1-2-4-18(16)24-11-17/h1-4,6,8-11,15H,5,7,12-14H2. The molecule has 6 rings (SSSR count). The van der Waals surface area contributed by atoms with E-state index in [1.165, 1.54) is 5.69 Å². The summed E-state index contributed by atoms with van der Waals surface area (Å²) >= 11 is 0. The fourth-order valence-corrected chi connectivity index (χ4v) is 4.63. The van der Waals surface area contributed by atoms with Crippen molar-refractivity contribution in [2.24, 2.45) is 0 Å². The molecule has 0 unspecified atom stereocenters. The molecule has 0 N–H and O–H groups in total. The van der Waals surface area contributed by atoms with E-state index in [0.29, 0.717) is 6.54 Å². The zero-order valence-corrected chi connectivity index (χ0v) is 15.9. The molecule has 5 heterocycles. The molecule has 2 aliphatic heterocycles. The van der Waals surface area contributed by atoms with Crippen LogP contribution in [0.3, 0.4) is 0 Å². The first kappa shape index (κ1) is 16.5. The topological polar surface area (TPSA) is 68.8 Å². The summed E-state index contributed by atoms with van der Waals surface area (Å²) in [7, 11) is 0. The van der Waals surface area contributed by atoms with E-state index in [1.807, 2.05) is 40.1 Å². The minimum Gasteiger partial charge on any atom is -0.339 e. The Morgan fingerprint density at radius 3 is 2.93 bits per heavy atom. The molecule has 2 aliphatic rings. The van der Waals surface area contributed by atoms with Crippen LogP contribution < -0.4 is 0 Å². The first-order valence-electron chi connectivity index (χ1n) is 9.87. The Kier molecular flexibility index (Phi) is 3.41. The van der Waals surface area contributed by atoms with Gasteiger partial charge in [0.15, 0.2) is 0 Å². The smallest absolute Gasteiger partial charge is 0.242 e. The summed E-state index contributed by atoms with van der Waals surface area (Å²) in [6.07, 6.45) is 8.14. The third kappa shape index (κ3) is 2.57. The maximum Gasteiger partial charge on any atom is 0.242 e. The van der Waals surface area contributed by atoms with Gasteiger partial charge in [0.1, 0.15) is 6.54 Å². The third-order valence-electron chi connectivity index (χ3n) is 6.23. The Morgan fingerprint density at radius 1 is 1.17 bits per heavy atom. The first-order valence-corrected chi connectivity index (χ1v) is 9.87. The van der Waals surface area contributed by atoms with Gasteiger partial charge >= 0.3 is 0 Å². The molecule has 3 aromatic heterocycles. The summed E-state index contributed by atoms with van der Waals surface area (Å²) < 4.78 is 3.93. The van der Waals surface area contributed by atoms with Crippen molar-refractivity contribution in [1.29, 1.82) is 0 Å². The monoisotopic (exact) mass is 384 g/mol. The average Bonchev–Trinajstić information content (AvgIpc) is 3.43. The summed E-state index contributed by atoms with van der Waals surface area (Å²) in [6, 6.07) is 12.5. The van der Waals surface area contributed by atoms with E-state index >= 15 is 0 Å². The first-order chi connectivity index (χ1) is 14.2. The Morgan fingerprint density at radius 2 is 2.07 bits per heavy atom. The second-order valence-electron chi connectivity index (χ2n) is 8.07. The zero-order valence-electron chi connectivity index (χ0n) is 15.9. The number of rotatable bonds is 3. The van der Waals surface area contributed by atoms with E-state index in [-0.39, 0.29) is 11.3 Å². The van der Waals surface area contributed by atoms with Crippen molar-refractivity contribution in [2.75, 3.05) is 13.1 Å². The zero-order chi connectivity index (χ0) is 19.4. The molecule has 1 aromatic carbocycles. The van der Waals surface area contributed by atoms with Gasteiger partial charge in [-0.2, -0.15) is 5.10 Å². The molecule has 0 saturated carbocycles. The van der Waals surface area contributed by atoms with Gasteiger partial charge in [0, 0.05) is 60.3 Å². The number of para-hydroxylation sites is 1. The number of aromatic nitrogens is 5. The predicted molar refractivity (Wildman–Crippen MR) is 108 cm³/mol. The van der Waals surface area contributed by atoms with Gasteiger partial charge in [0.05, 0.1) is 17.5 Å². The lowest BCUT2D eigenvalue weighted by molar-refractivity contribution is -0.139. The number of carbonyl (C=O) groups is 1. The number of hydrogen-bond donors (Lipinski definition) is 0. The van der Waals surface area contributed by atoms with E-state index in [2.05, 4.69) is 32.8 Å². The number of nitrogens with zero attached hydrogens (tertiary/aromatic N) is 6. The molecule has 1 fully saturated rings. The van der Waals surface area contributed by atoms with Gasteiger partial charge in [-0.1, -0.05) is 18.2 Å². The number of carbonyl (C=O) groups excluding carboxylic acids is 1. The number of aryl methyl sites for hydroxylation is 1. The third-order valence-corrected chi connectivity index (χ3v) is 6.23. The van der Waals surface area contributed by atoms with Crippen molar-refractivity contribution in [2.45, 2.75) is 24.9 Å². The largest absolute Gasteiger partial charge is 0.339 e. The van der Waals surface area contributed by atoms with Gasteiger partial charge in [0.25, 0.3) is 0 Å². The van der Waals surface area contributed by atoms with E-state index in [0.717, 1.165) is 48.2 Å². The highest BCUT2D eigenvalue weighted by Gasteiger charge is 2.51. The molecular weight excluding hydrogens is 364 g/mol. The average molecular weight is 384 g/mol. The molecule has 7 heteroatoms. The van der Waals surface area contributed by atoms with Crippen molar-refractivity contribution in [3.8, 4) is 11.3 Å². The van der Waals surface area contributed by atoms with Crippen LogP contribution in [0.2, 0.25) is 0 Å². The number of pyridine rings is 1. The maximum absolute atomic E-state index is 12.5. The van der Waals surface area contributed by atoms with Gasteiger partial charge in [-0.05, 0) is 24.6 Å². The minimum atomic E-state index is 0.0418. The molecule has 7 nitrogen and oxygen atoms in total. The minimum absolute atomic E-state index is 0.0418. The highest BCUT2D eigenvalue weighted by molar-refractivity contribution is 5.83. The summed E-state index contributed by atoms with van der Waals surface area (Å²) in [5.74, 6) is 0.144. The van der Waals surface area contributed by atoms with Crippen LogP contribution in [-0.2, 0) is 23.3 Å². The highest BCUT2D eigenvalue weighted by atomic mass is 16.2. The lowest BCUT2D eigenvalue weighted by Crippen LogP contribution is -2.60. The summed E-state index contributed by atoms with van der Waals surface area (Å²) in [5.41, 5.74) is 4.27. The maximum atomic E-state index is 12.5. The van der Waals surface area contributed by atoms with Crippen LogP contribution in [0.25, 0.3) is 22.2 Å². The van der Waals surface area contributed by atoms with E-state index in [4.69, 9.17) is 5.10 Å². The van der Waals surface area contributed by atoms with Crippen LogP contribution in [-0.4, -0.2) is 48.2 Å². The second-order valence-corrected chi connectivity index (χ2v) is 8.07. The van der Waals surface area contributed by atoms with Crippen molar-refractivity contribution >= 4 is 16.8 Å². The van der Waals surface area contributed by atoms with E-state index in [9.17, 15) is 4.79 Å². The van der Waals surface area contributed by atoms with Crippen molar-refractivity contribution in [3.63, 3.8) is 0 Å². The molecule has 0 atom stereocenters. The van der Waals surface area contributed by atoms with Gasteiger partial charge in [-0.25, -0.2) is 4.98 Å². The highest BCUT2D eigenvalue weighted by Crippen LogP contribution is 2.44. The van der Waals surface area contributed by atoms with Crippen LogP contribution >= 0.6 is 0 Å². The summed E-state index contributed by atoms with van der Waals surface area (Å²) in [4.78, 5) is 23.1. The van der Waals surface area contributed by atoms with Crippen LogP contribution in [0.15, 0.2) is 61.3 Å². The lowest BCUT2D eigenvalue weighted by Gasteiger charge is -2.47. The SMILES string of the molecule is O=C(Cn1ccnc1)N1CC2(CCn3nc(-c4cnc5ccccc5c4)cc32)C1. The number of imidazole rings is 1. The van der Waals surface area contributed by atoms with Crippen molar-refractivity contribution in [1.82, 2.24) is 29.2 Å². The summed E-state index contributed by atoms with van der Waals surface area (Å²) in [6.45, 7) is 2.78. The molecule has 144 valence electrons. The molecule has 29 heavy (non-hydrogen) atoms. The predicted octanol–water partition coefficient (Wildman–Crippen LogP) is 2.48. The molecule has 0 bridgehead atoms. The Balaban J connectivity index is 1.24.